The molecule has 0 aromatic heterocycles. The summed E-state index contributed by atoms with van der Waals surface area (Å²) in [5, 5.41) is 11.3. The van der Waals surface area contributed by atoms with E-state index in [0.717, 1.165) is 5.56 Å². The van der Waals surface area contributed by atoms with Crippen LogP contribution in [0.15, 0.2) is 48.5 Å². The molecule has 0 saturated heterocycles. The number of rotatable bonds is 6. The molecular weight excluding hydrogens is 515 g/mol. The van der Waals surface area contributed by atoms with Gasteiger partial charge in [0.15, 0.2) is 0 Å². The van der Waals surface area contributed by atoms with Crippen LogP contribution in [0.3, 0.4) is 0 Å². The molecule has 10 heteroatoms. The molecule has 9 nitrogen and oxygen atoms in total. The van der Waals surface area contributed by atoms with Crippen molar-refractivity contribution in [2.45, 2.75) is 65.1 Å². The monoisotopic (exact) mass is 554 g/mol. The molecule has 0 radical (unpaired) electrons. The van der Waals surface area contributed by atoms with Crippen molar-refractivity contribution in [2.75, 3.05) is 13.2 Å². The van der Waals surface area contributed by atoms with Crippen molar-refractivity contribution in [2.24, 2.45) is 11.8 Å². The summed E-state index contributed by atoms with van der Waals surface area (Å²) in [6.07, 6.45) is 0.397. The Bertz CT molecular complexity index is 1180. The molecule has 0 fully saturated rings. The third-order valence-corrected chi connectivity index (χ3v) is 6.86. The summed E-state index contributed by atoms with van der Waals surface area (Å²) in [5.74, 6) is -1.88. The number of ether oxygens (including phenoxy) is 1. The van der Waals surface area contributed by atoms with Gasteiger partial charge >= 0.3 is 0 Å². The van der Waals surface area contributed by atoms with Gasteiger partial charge in [0, 0.05) is 13.0 Å². The average molecular weight is 555 g/mol. The number of amides is 4. The molecule has 216 valence electrons. The van der Waals surface area contributed by atoms with E-state index >= 15 is 0 Å². The third-order valence-electron chi connectivity index (χ3n) is 6.86. The van der Waals surface area contributed by atoms with E-state index in [1.807, 2.05) is 27.7 Å². The Balaban J connectivity index is 1.82. The van der Waals surface area contributed by atoms with Crippen LogP contribution in [0.5, 0.6) is 5.75 Å². The van der Waals surface area contributed by atoms with Gasteiger partial charge in [-0.15, -0.1) is 0 Å². The Labute approximate surface area is 234 Å². The van der Waals surface area contributed by atoms with Gasteiger partial charge in [-0.2, -0.15) is 0 Å². The summed E-state index contributed by atoms with van der Waals surface area (Å²) < 4.78 is 19.2. The Hall–Kier alpha value is -3.95. The van der Waals surface area contributed by atoms with Crippen LogP contribution in [-0.4, -0.2) is 54.9 Å². The van der Waals surface area contributed by atoms with Gasteiger partial charge in [-0.05, 0) is 54.5 Å². The van der Waals surface area contributed by atoms with Crippen molar-refractivity contribution in [1.82, 2.24) is 21.3 Å². The standard InChI is InChI=1S/C30H39FN4O5/c1-18(2)24-17-40-25-8-6-5-7-22(25)28(37)33-23(13-14-26(36)35-27(19(3)4)30(39)34-24)29(38)32-16-15-20-9-11-21(31)12-10-20/h5-12,18-19,23-24,27H,13-17H2,1-4H3,(H,32,38)(H,33,37)(H,34,39)(H,35,36)/t23-,24+,27+/m0/s1. The summed E-state index contributed by atoms with van der Waals surface area (Å²) in [7, 11) is 0. The van der Waals surface area contributed by atoms with Gasteiger partial charge in [0.1, 0.15) is 30.3 Å². The molecule has 0 saturated carbocycles. The maximum Gasteiger partial charge on any atom is 0.255 e. The number of para-hydroxylation sites is 1. The number of benzene rings is 2. The van der Waals surface area contributed by atoms with Crippen molar-refractivity contribution >= 4 is 23.6 Å². The normalized spacial score (nSPS) is 20.8. The highest BCUT2D eigenvalue weighted by atomic mass is 19.1. The van der Waals surface area contributed by atoms with Gasteiger partial charge in [-0.3, -0.25) is 19.2 Å². The van der Waals surface area contributed by atoms with E-state index in [1.165, 1.54) is 12.1 Å². The first kappa shape index (κ1) is 30.6. The SMILES string of the molecule is CC(C)[C@H]1COc2ccccc2C(=O)N[C@H](C(=O)NCCc2ccc(F)cc2)CCC(=O)N[C@H](C(C)C)C(=O)N1. The van der Waals surface area contributed by atoms with Gasteiger partial charge in [-0.25, -0.2) is 4.39 Å². The fourth-order valence-corrected chi connectivity index (χ4v) is 4.30. The van der Waals surface area contributed by atoms with Crippen LogP contribution in [0.25, 0.3) is 0 Å². The minimum absolute atomic E-state index is 0.0179. The zero-order valence-electron chi connectivity index (χ0n) is 23.5. The highest BCUT2D eigenvalue weighted by Gasteiger charge is 2.30. The number of hydrogen-bond acceptors (Lipinski definition) is 5. The lowest BCUT2D eigenvalue weighted by atomic mass is 10.00. The third kappa shape index (κ3) is 8.79. The summed E-state index contributed by atoms with van der Waals surface area (Å²) in [5.41, 5.74) is 1.08. The van der Waals surface area contributed by atoms with Gasteiger partial charge in [0.05, 0.1) is 11.6 Å². The minimum Gasteiger partial charge on any atom is -0.491 e. The molecule has 0 bridgehead atoms. The van der Waals surface area contributed by atoms with Crippen LogP contribution < -0.4 is 26.0 Å². The van der Waals surface area contributed by atoms with Gasteiger partial charge in [0.25, 0.3) is 5.91 Å². The minimum atomic E-state index is -1.01. The second-order valence-electron chi connectivity index (χ2n) is 10.7. The predicted molar refractivity (Wildman–Crippen MR) is 149 cm³/mol. The molecule has 40 heavy (non-hydrogen) atoms. The number of halogens is 1. The lowest BCUT2D eigenvalue weighted by Crippen LogP contribution is -2.54. The van der Waals surface area contributed by atoms with E-state index in [-0.39, 0.29) is 61.2 Å². The number of carbonyl (C=O) groups excluding carboxylic acids is 4. The summed E-state index contributed by atoms with van der Waals surface area (Å²) >= 11 is 0. The van der Waals surface area contributed by atoms with Crippen LogP contribution in [-0.2, 0) is 20.8 Å². The molecule has 4 N–H and O–H groups in total. The van der Waals surface area contributed by atoms with Gasteiger partial charge in [0.2, 0.25) is 17.7 Å². The first-order valence-electron chi connectivity index (χ1n) is 13.7. The predicted octanol–water partition coefficient (Wildman–Crippen LogP) is 2.74. The molecule has 3 rings (SSSR count). The highest BCUT2D eigenvalue weighted by Crippen LogP contribution is 2.20. The topological polar surface area (TPSA) is 126 Å². The molecule has 0 unspecified atom stereocenters. The lowest BCUT2D eigenvalue weighted by Gasteiger charge is -2.27. The summed E-state index contributed by atoms with van der Waals surface area (Å²) in [6, 6.07) is 10.5. The van der Waals surface area contributed by atoms with Crippen LogP contribution >= 0.6 is 0 Å². The number of nitrogens with one attached hydrogen (secondary N) is 4. The second-order valence-corrected chi connectivity index (χ2v) is 10.7. The zero-order valence-corrected chi connectivity index (χ0v) is 23.5. The molecular formula is C30H39FN4O5. The van der Waals surface area contributed by atoms with Crippen LogP contribution in [0.1, 0.15) is 56.5 Å². The zero-order chi connectivity index (χ0) is 29.2. The van der Waals surface area contributed by atoms with Crippen LogP contribution in [0.2, 0.25) is 0 Å². The van der Waals surface area contributed by atoms with Gasteiger partial charge < -0.3 is 26.0 Å². The Kier molecular flexibility index (Phi) is 11.0. The maximum atomic E-state index is 13.3. The van der Waals surface area contributed by atoms with Crippen molar-refractivity contribution in [1.29, 1.82) is 0 Å². The van der Waals surface area contributed by atoms with E-state index in [0.29, 0.717) is 12.2 Å². The molecule has 2 aromatic rings. The van der Waals surface area contributed by atoms with E-state index in [4.69, 9.17) is 4.74 Å². The number of hydrogen-bond donors (Lipinski definition) is 4. The smallest absolute Gasteiger partial charge is 0.255 e. The number of carbonyl (C=O) groups is 4. The summed E-state index contributed by atoms with van der Waals surface area (Å²) in [4.78, 5) is 52.5. The molecule has 3 atom stereocenters. The average Bonchev–Trinajstić information content (AvgIpc) is 2.92. The van der Waals surface area contributed by atoms with E-state index in [1.54, 1.807) is 36.4 Å². The Morgan fingerprint density at radius 1 is 0.975 bits per heavy atom. The van der Waals surface area contributed by atoms with Crippen molar-refractivity contribution in [3.8, 4) is 5.75 Å². The van der Waals surface area contributed by atoms with Crippen molar-refractivity contribution in [3.05, 3.63) is 65.5 Å². The molecule has 0 aliphatic carbocycles. The van der Waals surface area contributed by atoms with E-state index in [2.05, 4.69) is 21.3 Å². The van der Waals surface area contributed by atoms with Gasteiger partial charge in [-0.1, -0.05) is 52.0 Å². The lowest BCUT2D eigenvalue weighted by molar-refractivity contribution is -0.131. The second kappa shape index (κ2) is 14.4. The largest absolute Gasteiger partial charge is 0.491 e. The van der Waals surface area contributed by atoms with E-state index in [9.17, 15) is 23.6 Å². The van der Waals surface area contributed by atoms with Crippen molar-refractivity contribution in [3.63, 3.8) is 0 Å². The molecule has 1 aliphatic rings. The molecule has 1 aliphatic heterocycles. The molecule has 4 amide bonds. The first-order chi connectivity index (χ1) is 19.0. The van der Waals surface area contributed by atoms with Crippen molar-refractivity contribution < 1.29 is 28.3 Å². The van der Waals surface area contributed by atoms with Crippen LogP contribution in [0, 0.1) is 17.7 Å². The molecule has 2 aromatic carbocycles. The fraction of sp³-hybridized carbons (Fsp3) is 0.467. The Morgan fingerprint density at radius 3 is 2.35 bits per heavy atom. The maximum absolute atomic E-state index is 13.3. The number of fused-ring (bicyclic) bond motifs is 1. The van der Waals surface area contributed by atoms with Crippen LogP contribution in [0.4, 0.5) is 4.39 Å². The summed E-state index contributed by atoms with van der Waals surface area (Å²) in [6.45, 7) is 7.95. The highest BCUT2D eigenvalue weighted by molar-refractivity contribution is 5.99. The molecule has 1 heterocycles. The fourth-order valence-electron chi connectivity index (χ4n) is 4.30. The quantitative estimate of drug-likeness (QED) is 0.437. The van der Waals surface area contributed by atoms with E-state index < -0.39 is 29.8 Å². The molecule has 0 spiro atoms. The first-order valence-corrected chi connectivity index (χ1v) is 13.7. The Morgan fingerprint density at radius 2 is 1.68 bits per heavy atom.